The van der Waals surface area contributed by atoms with Crippen molar-refractivity contribution in [3.63, 3.8) is 0 Å². The number of carboxylic acids is 1. The van der Waals surface area contributed by atoms with E-state index in [0.29, 0.717) is 6.42 Å². The van der Waals surface area contributed by atoms with Gasteiger partial charge in [-0.2, -0.15) is 0 Å². The number of alkyl carbamates (subject to hydrolysis) is 1. The van der Waals surface area contributed by atoms with Crippen LogP contribution in [0.2, 0.25) is 0 Å². The van der Waals surface area contributed by atoms with E-state index in [4.69, 9.17) is 9.84 Å². The van der Waals surface area contributed by atoms with Gasteiger partial charge in [-0.3, -0.25) is 9.59 Å². The van der Waals surface area contributed by atoms with Crippen LogP contribution in [0.4, 0.5) is 4.79 Å². The van der Waals surface area contributed by atoms with Crippen molar-refractivity contribution in [2.45, 2.75) is 58.5 Å². The van der Waals surface area contributed by atoms with Gasteiger partial charge in [-0.05, 0) is 40.5 Å². The van der Waals surface area contributed by atoms with Crippen molar-refractivity contribution >= 4 is 18.0 Å². The molecule has 1 aliphatic carbocycles. The van der Waals surface area contributed by atoms with Gasteiger partial charge in [-0.15, -0.1) is 0 Å². The first-order valence-electron chi connectivity index (χ1n) is 11.8. The standard InChI is InChI=1S/C27H34N2O5/c1-16(2)13-24(26(32)28-23(17(3)4)14-25(30)31)29-27(33)34-15-22-20-11-7-5-9-18(20)19-10-6-8-12-21(19)22/h5-12,16-17,22-24H,13-15H2,1-4H3,(H,28,32)(H,29,33)(H,30,31)/t23-,24+/m0/s1. The van der Waals surface area contributed by atoms with E-state index in [1.807, 2.05) is 64.1 Å². The van der Waals surface area contributed by atoms with E-state index in [0.717, 1.165) is 22.3 Å². The van der Waals surface area contributed by atoms with Crippen molar-refractivity contribution in [2.24, 2.45) is 11.8 Å². The second-order valence-electron chi connectivity index (χ2n) is 9.61. The molecule has 0 spiro atoms. The molecule has 34 heavy (non-hydrogen) atoms. The van der Waals surface area contributed by atoms with Gasteiger partial charge in [0, 0.05) is 12.0 Å². The zero-order valence-electron chi connectivity index (χ0n) is 20.2. The maximum absolute atomic E-state index is 12.9. The van der Waals surface area contributed by atoms with E-state index >= 15 is 0 Å². The van der Waals surface area contributed by atoms with Gasteiger partial charge in [0.25, 0.3) is 0 Å². The first-order valence-corrected chi connectivity index (χ1v) is 11.8. The third-order valence-corrected chi connectivity index (χ3v) is 6.19. The number of hydrogen-bond donors (Lipinski definition) is 3. The summed E-state index contributed by atoms with van der Waals surface area (Å²) in [6.45, 7) is 7.77. The molecule has 3 rings (SSSR count). The normalized spacial score (nSPS) is 14.3. The van der Waals surface area contributed by atoms with Gasteiger partial charge in [0.15, 0.2) is 0 Å². The molecule has 0 unspecified atom stereocenters. The third-order valence-electron chi connectivity index (χ3n) is 6.19. The van der Waals surface area contributed by atoms with Crippen LogP contribution in [0.25, 0.3) is 11.1 Å². The molecule has 0 aliphatic heterocycles. The van der Waals surface area contributed by atoms with Crippen molar-refractivity contribution in [3.05, 3.63) is 59.7 Å². The fourth-order valence-corrected chi connectivity index (χ4v) is 4.41. The predicted octanol–water partition coefficient (Wildman–Crippen LogP) is 4.56. The minimum atomic E-state index is -0.982. The van der Waals surface area contributed by atoms with Crippen molar-refractivity contribution < 1.29 is 24.2 Å². The average Bonchev–Trinajstić information content (AvgIpc) is 3.10. The second-order valence-corrected chi connectivity index (χ2v) is 9.61. The molecule has 1 aliphatic rings. The van der Waals surface area contributed by atoms with E-state index < -0.39 is 30.1 Å². The highest BCUT2D eigenvalue weighted by Gasteiger charge is 2.30. The molecule has 2 aromatic carbocycles. The number of carboxylic acid groups (broad SMARTS) is 1. The molecule has 7 heteroatoms. The molecule has 2 atom stereocenters. The van der Waals surface area contributed by atoms with E-state index in [1.165, 1.54) is 0 Å². The topological polar surface area (TPSA) is 105 Å². The molecule has 0 fully saturated rings. The van der Waals surface area contributed by atoms with E-state index in [1.54, 1.807) is 0 Å². The van der Waals surface area contributed by atoms with Crippen LogP contribution in [0, 0.1) is 11.8 Å². The van der Waals surface area contributed by atoms with Crippen LogP contribution in [0.3, 0.4) is 0 Å². The molecular weight excluding hydrogens is 432 g/mol. The Morgan fingerprint density at radius 3 is 1.97 bits per heavy atom. The number of amides is 2. The maximum atomic E-state index is 12.9. The largest absolute Gasteiger partial charge is 0.481 e. The summed E-state index contributed by atoms with van der Waals surface area (Å²) in [5.74, 6) is -1.38. The van der Waals surface area contributed by atoms with E-state index in [2.05, 4.69) is 22.8 Å². The van der Waals surface area contributed by atoms with E-state index in [9.17, 15) is 14.4 Å². The molecular formula is C27H34N2O5. The van der Waals surface area contributed by atoms with E-state index in [-0.39, 0.29) is 30.8 Å². The zero-order valence-corrected chi connectivity index (χ0v) is 20.2. The summed E-state index contributed by atoms with van der Waals surface area (Å²) in [6, 6.07) is 14.8. The number of benzene rings is 2. The van der Waals surface area contributed by atoms with Crippen LogP contribution in [0.5, 0.6) is 0 Å². The minimum Gasteiger partial charge on any atom is -0.481 e. The summed E-state index contributed by atoms with van der Waals surface area (Å²) in [7, 11) is 0. The highest BCUT2D eigenvalue weighted by Crippen LogP contribution is 2.44. The summed E-state index contributed by atoms with van der Waals surface area (Å²) in [5.41, 5.74) is 4.51. The number of carbonyl (C=O) groups excluding carboxylic acids is 2. The molecule has 182 valence electrons. The maximum Gasteiger partial charge on any atom is 0.407 e. The molecule has 3 N–H and O–H groups in total. The Morgan fingerprint density at radius 2 is 1.47 bits per heavy atom. The zero-order chi connectivity index (χ0) is 24.8. The lowest BCUT2D eigenvalue weighted by molar-refractivity contribution is -0.138. The van der Waals surface area contributed by atoms with Crippen LogP contribution in [0.15, 0.2) is 48.5 Å². The van der Waals surface area contributed by atoms with Crippen molar-refractivity contribution in [1.29, 1.82) is 0 Å². The molecule has 0 bridgehead atoms. The Kier molecular flexibility index (Phi) is 8.31. The Balaban J connectivity index is 1.66. The summed E-state index contributed by atoms with van der Waals surface area (Å²) < 4.78 is 5.59. The van der Waals surface area contributed by atoms with Crippen LogP contribution in [0.1, 0.15) is 57.6 Å². The average molecular weight is 467 g/mol. The van der Waals surface area contributed by atoms with Crippen LogP contribution in [-0.4, -0.2) is 41.8 Å². The highest BCUT2D eigenvalue weighted by molar-refractivity contribution is 5.86. The number of aliphatic carboxylic acids is 1. The predicted molar refractivity (Wildman–Crippen MR) is 130 cm³/mol. The Morgan fingerprint density at radius 1 is 0.912 bits per heavy atom. The fourth-order valence-electron chi connectivity index (χ4n) is 4.41. The number of ether oxygens (including phenoxy) is 1. The first-order chi connectivity index (χ1) is 16.2. The number of rotatable bonds is 10. The third kappa shape index (κ3) is 6.16. The molecule has 2 amide bonds. The van der Waals surface area contributed by atoms with Crippen molar-refractivity contribution in [3.8, 4) is 11.1 Å². The SMILES string of the molecule is CC(C)C[C@@H](NC(=O)OCC1c2ccccc2-c2ccccc21)C(=O)N[C@@H](CC(=O)O)C(C)C. The smallest absolute Gasteiger partial charge is 0.407 e. The lowest BCUT2D eigenvalue weighted by atomic mass is 9.98. The number of carbonyl (C=O) groups is 3. The van der Waals surface area contributed by atoms with Gasteiger partial charge >= 0.3 is 12.1 Å². The minimum absolute atomic E-state index is 0.0609. The van der Waals surface area contributed by atoms with Gasteiger partial charge in [0.05, 0.1) is 6.42 Å². The summed E-state index contributed by atoms with van der Waals surface area (Å²) in [5, 5.41) is 14.6. The highest BCUT2D eigenvalue weighted by atomic mass is 16.5. The van der Waals surface area contributed by atoms with Gasteiger partial charge in [0.1, 0.15) is 12.6 Å². The summed E-state index contributed by atoms with van der Waals surface area (Å²) in [6.07, 6.45) is -0.432. The number of fused-ring (bicyclic) bond motifs is 3. The lowest BCUT2D eigenvalue weighted by Crippen LogP contribution is -2.51. The molecule has 0 saturated heterocycles. The van der Waals surface area contributed by atoms with Crippen molar-refractivity contribution in [1.82, 2.24) is 10.6 Å². The molecule has 0 aromatic heterocycles. The summed E-state index contributed by atoms with van der Waals surface area (Å²) in [4.78, 5) is 36.8. The first kappa shape index (κ1) is 25.3. The van der Waals surface area contributed by atoms with Gasteiger partial charge < -0.3 is 20.5 Å². The second kappa shape index (κ2) is 11.2. The monoisotopic (exact) mass is 466 g/mol. The van der Waals surface area contributed by atoms with Gasteiger partial charge in [-0.25, -0.2) is 4.79 Å². The van der Waals surface area contributed by atoms with Gasteiger partial charge in [-0.1, -0.05) is 76.2 Å². The molecule has 2 aromatic rings. The molecule has 7 nitrogen and oxygen atoms in total. The Labute approximate surface area is 200 Å². The Hall–Kier alpha value is -3.35. The summed E-state index contributed by atoms with van der Waals surface area (Å²) >= 11 is 0. The molecule has 0 saturated carbocycles. The van der Waals surface area contributed by atoms with Gasteiger partial charge in [0.2, 0.25) is 5.91 Å². The van der Waals surface area contributed by atoms with Crippen molar-refractivity contribution in [2.75, 3.05) is 6.61 Å². The molecule has 0 radical (unpaired) electrons. The molecule has 0 heterocycles. The number of hydrogen-bond acceptors (Lipinski definition) is 4. The lowest BCUT2D eigenvalue weighted by Gasteiger charge is -2.26. The van der Waals surface area contributed by atoms with Crippen LogP contribution >= 0.6 is 0 Å². The fraction of sp³-hybridized carbons (Fsp3) is 0.444. The van der Waals surface area contributed by atoms with Crippen LogP contribution < -0.4 is 10.6 Å². The van der Waals surface area contributed by atoms with Crippen LogP contribution in [-0.2, 0) is 14.3 Å². The Bertz CT molecular complexity index is 988. The number of nitrogens with one attached hydrogen (secondary N) is 2. The quantitative estimate of drug-likeness (QED) is 0.476.